The van der Waals surface area contributed by atoms with Crippen molar-refractivity contribution in [1.82, 2.24) is 15.2 Å². The van der Waals surface area contributed by atoms with E-state index in [0.29, 0.717) is 17.7 Å². The van der Waals surface area contributed by atoms with Crippen LogP contribution in [0.2, 0.25) is 0 Å². The summed E-state index contributed by atoms with van der Waals surface area (Å²) in [4.78, 5) is 13.7. The molecule has 1 fully saturated rings. The molecule has 142 valence electrons. The van der Waals surface area contributed by atoms with Crippen LogP contribution in [-0.4, -0.2) is 60.6 Å². The first kappa shape index (κ1) is 22.3. The van der Waals surface area contributed by atoms with Gasteiger partial charge in [-0.15, -0.1) is 24.0 Å². The molecule has 0 aliphatic carbocycles. The Balaban J connectivity index is 0.00000312. The van der Waals surface area contributed by atoms with Crippen LogP contribution in [0, 0.1) is 5.92 Å². The fourth-order valence-corrected chi connectivity index (χ4v) is 3.97. The third kappa shape index (κ3) is 6.84. The highest BCUT2D eigenvalue weighted by molar-refractivity contribution is 14.0. The van der Waals surface area contributed by atoms with E-state index >= 15 is 0 Å². The fourth-order valence-electron chi connectivity index (χ4n) is 2.67. The molecule has 0 bridgehead atoms. The molecular formula is C18H32IN5S. The summed E-state index contributed by atoms with van der Waals surface area (Å²) in [6.07, 6.45) is 1.86. The summed E-state index contributed by atoms with van der Waals surface area (Å²) < 4.78 is 0. The van der Waals surface area contributed by atoms with Crippen molar-refractivity contribution in [2.45, 2.75) is 32.6 Å². The smallest absolute Gasteiger partial charge is 0.194 e. The first-order valence-electron chi connectivity index (χ1n) is 8.78. The molecule has 1 saturated heterocycles. The minimum Gasteiger partial charge on any atom is -0.363 e. The van der Waals surface area contributed by atoms with Gasteiger partial charge in [-0.3, -0.25) is 0 Å². The van der Waals surface area contributed by atoms with Crippen molar-refractivity contribution in [3.8, 4) is 0 Å². The van der Waals surface area contributed by atoms with Crippen LogP contribution in [-0.2, 0) is 6.54 Å². The number of thioether (sulfide) groups is 1. The molecule has 1 unspecified atom stereocenters. The first-order chi connectivity index (χ1) is 11.5. The van der Waals surface area contributed by atoms with Crippen LogP contribution in [0.4, 0.5) is 5.82 Å². The van der Waals surface area contributed by atoms with Crippen LogP contribution in [0.1, 0.15) is 26.3 Å². The summed E-state index contributed by atoms with van der Waals surface area (Å²) in [5.41, 5.74) is 1.19. The average Bonchev–Trinajstić information content (AvgIpc) is 2.59. The molecule has 0 amide bonds. The molecule has 0 aromatic carbocycles. The van der Waals surface area contributed by atoms with E-state index in [1.165, 1.54) is 11.3 Å². The number of halogens is 1. The lowest BCUT2D eigenvalue weighted by molar-refractivity contribution is 0.381. The second kappa shape index (κ2) is 11.1. The fraction of sp³-hybridized carbons (Fsp3) is 0.667. The summed E-state index contributed by atoms with van der Waals surface area (Å²) in [5, 5.41) is 4.14. The second-order valence-corrected chi connectivity index (χ2v) is 8.03. The van der Waals surface area contributed by atoms with E-state index in [1.807, 2.05) is 31.3 Å². The van der Waals surface area contributed by atoms with Gasteiger partial charge in [0, 0.05) is 50.9 Å². The van der Waals surface area contributed by atoms with Gasteiger partial charge in [-0.1, -0.05) is 13.8 Å². The molecule has 1 aromatic heterocycles. The molecule has 1 N–H and O–H groups in total. The summed E-state index contributed by atoms with van der Waals surface area (Å²) in [6.45, 7) is 10.5. The molecule has 5 nitrogen and oxygen atoms in total. The summed E-state index contributed by atoms with van der Waals surface area (Å²) in [5.74, 6) is 3.88. The normalized spacial score (nSPS) is 18.1. The highest BCUT2D eigenvalue weighted by atomic mass is 127. The highest BCUT2D eigenvalue weighted by Crippen LogP contribution is 2.25. The van der Waals surface area contributed by atoms with Crippen molar-refractivity contribution in [2.24, 2.45) is 10.9 Å². The quantitative estimate of drug-likeness (QED) is 0.401. The van der Waals surface area contributed by atoms with Crippen molar-refractivity contribution in [2.75, 3.05) is 44.4 Å². The van der Waals surface area contributed by atoms with Crippen LogP contribution in [0.3, 0.4) is 0 Å². The number of nitrogens with one attached hydrogen (secondary N) is 1. The average molecular weight is 477 g/mol. The van der Waals surface area contributed by atoms with Gasteiger partial charge in [0.05, 0.1) is 6.54 Å². The maximum atomic E-state index is 4.88. The Morgan fingerprint density at radius 1 is 1.48 bits per heavy atom. The Kier molecular flexibility index (Phi) is 9.92. The van der Waals surface area contributed by atoms with E-state index in [9.17, 15) is 0 Å². The van der Waals surface area contributed by atoms with E-state index in [1.54, 1.807) is 0 Å². The summed E-state index contributed by atoms with van der Waals surface area (Å²) in [7, 11) is 4.02. The predicted molar refractivity (Wildman–Crippen MR) is 121 cm³/mol. The van der Waals surface area contributed by atoms with Crippen molar-refractivity contribution >= 4 is 47.5 Å². The standard InChI is InChI=1S/C18H31N5S.HI/c1-6-19-18(23-9-10-24-16(13-23)14(2)3)21-12-15-7-8-20-17(11-15)22(4)5;/h7-8,11,14,16H,6,9-10,12-13H2,1-5H3,(H,19,21);1H. The number of aromatic nitrogens is 1. The molecule has 1 aliphatic rings. The molecule has 1 aromatic rings. The first-order valence-corrected chi connectivity index (χ1v) is 9.83. The van der Waals surface area contributed by atoms with Gasteiger partial charge in [0.15, 0.2) is 5.96 Å². The topological polar surface area (TPSA) is 43.8 Å². The molecule has 0 spiro atoms. The number of hydrogen-bond acceptors (Lipinski definition) is 4. The van der Waals surface area contributed by atoms with Gasteiger partial charge in [-0.2, -0.15) is 11.8 Å². The number of nitrogens with zero attached hydrogens (tertiary/aromatic N) is 4. The predicted octanol–water partition coefficient (Wildman–Crippen LogP) is 3.30. The number of rotatable bonds is 5. The van der Waals surface area contributed by atoms with E-state index in [0.717, 1.165) is 31.4 Å². The van der Waals surface area contributed by atoms with Gasteiger partial charge < -0.3 is 15.1 Å². The molecule has 1 aliphatic heterocycles. The minimum atomic E-state index is 0. The Morgan fingerprint density at radius 2 is 2.24 bits per heavy atom. The third-order valence-corrected chi connectivity index (χ3v) is 5.69. The summed E-state index contributed by atoms with van der Waals surface area (Å²) >= 11 is 2.09. The van der Waals surface area contributed by atoms with Gasteiger partial charge in [0.2, 0.25) is 0 Å². The van der Waals surface area contributed by atoms with Crippen LogP contribution in [0.5, 0.6) is 0 Å². The molecule has 1 atom stereocenters. The van der Waals surface area contributed by atoms with Crippen LogP contribution >= 0.6 is 35.7 Å². The molecule has 2 heterocycles. The van der Waals surface area contributed by atoms with Gasteiger partial charge >= 0.3 is 0 Å². The number of hydrogen-bond donors (Lipinski definition) is 1. The summed E-state index contributed by atoms with van der Waals surface area (Å²) in [6, 6.07) is 4.15. The zero-order valence-corrected chi connectivity index (χ0v) is 19.2. The molecule has 2 rings (SSSR count). The molecule has 0 saturated carbocycles. The lowest BCUT2D eigenvalue weighted by Gasteiger charge is -2.36. The monoisotopic (exact) mass is 477 g/mol. The maximum Gasteiger partial charge on any atom is 0.194 e. The molecule has 7 heteroatoms. The van der Waals surface area contributed by atoms with Crippen molar-refractivity contribution < 1.29 is 0 Å². The lowest BCUT2D eigenvalue weighted by Crippen LogP contribution is -2.49. The second-order valence-electron chi connectivity index (χ2n) is 6.69. The zero-order valence-electron chi connectivity index (χ0n) is 16.0. The van der Waals surface area contributed by atoms with Gasteiger partial charge in [-0.25, -0.2) is 9.98 Å². The van der Waals surface area contributed by atoms with Crippen molar-refractivity contribution in [3.05, 3.63) is 23.9 Å². The molecule has 0 radical (unpaired) electrons. The minimum absolute atomic E-state index is 0. The van der Waals surface area contributed by atoms with Gasteiger partial charge in [0.1, 0.15) is 5.82 Å². The Labute approximate surface area is 174 Å². The van der Waals surface area contributed by atoms with Gasteiger partial charge in [-0.05, 0) is 30.5 Å². The SMILES string of the molecule is CCNC(=NCc1ccnc(N(C)C)c1)N1CCSC(C(C)C)C1.I. The number of aliphatic imine (C=N–C) groups is 1. The van der Waals surface area contributed by atoms with Crippen LogP contribution in [0.25, 0.3) is 0 Å². The molecule has 25 heavy (non-hydrogen) atoms. The lowest BCUT2D eigenvalue weighted by atomic mass is 10.1. The van der Waals surface area contributed by atoms with E-state index < -0.39 is 0 Å². The van der Waals surface area contributed by atoms with Gasteiger partial charge in [0.25, 0.3) is 0 Å². The van der Waals surface area contributed by atoms with Crippen LogP contribution in [0.15, 0.2) is 23.3 Å². The number of guanidine groups is 1. The zero-order chi connectivity index (χ0) is 17.5. The van der Waals surface area contributed by atoms with Crippen molar-refractivity contribution in [3.63, 3.8) is 0 Å². The van der Waals surface area contributed by atoms with E-state index in [4.69, 9.17) is 4.99 Å². The number of anilines is 1. The largest absolute Gasteiger partial charge is 0.363 e. The Morgan fingerprint density at radius 3 is 2.88 bits per heavy atom. The number of pyridine rings is 1. The Hall–Kier alpha value is -0.700. The molecular weight excluding hydrogens is 445 g/mol. The van der Waals surface area contributed by atoms with Crippen molar-refractivity contribution in [1.29, 1.82) is 0 Å². The highest BCUT2D eigenvalue weighted by Gasteiger charge is 2.24. The van der Waals surface area contributed by atoms with Crippen LogP contribution < -0.4 is 10.2 Å². The van der Waals surface area contributed by atoms with E-state index in [2.05, 4.69) is 53.8 Å². The Bertz CT molecular complexity index is 550. The maximum absolute atomic E-state index is 4.88. The third-order valence-electron chi connectivity index (χ3n) is 4.15. The van der Waals surface area contributed by atoms with E-state index in [-0.39, 0.29) is 24.0 Å².